The van der Waals surface area contributed by atoms with Gasteiger partial charge in [0.05, 0.1) is 5.75 Å². The minimum Gasteiger partial charge on any atom is -0.481 e. The molecule has 1 amide bonds. The number of aliphatic carboxylic acids is 1. The number of halogens is 2. The molecule has 2 rings (SSSR count). The van der Waals surface area contributed by atoms with Gasteiger partial charge in [0.15, 0.2) is 22.6 Å². The summed E-state index contributed by atoms with van der Waals surface area (Å²) in [6.45, 7) is 0. The molecule has 0 bridgehead atoms. The molecule has 126 valence electrons. The van der Waals surface area contributed by atoms with Gasteiger partial charge in [0.2, 0.25) is 0 Å². The van der Waals surface area contributed by atoms with E-state index in [2.05, 4.69) is 15.3 Å². The Bertz CT molecular complexity index is 872. The molecule has 0 fully saturated rings. The first-order valence-corrected chi connectivity index (χ1v) is 7.27. The topological polar surface area (TPSA) is 138 Å². The molecule has 1 aromatic carbocycles. The van der Waals surface area contributed by atoms with Gasteiger partial charge in [-0.2, -0.15) is 0 Å². The first-order chi connectivity index (χ1) is 11.3. The van der Waals surface area contributed by atoms with Crippen molar-refractivity contribution < 1.29 is 23.5 Å². The summed E-state index contributed by atoms with van der Waals surface area (Å²) in [5, 5.41) is 10.7. The summed E-state index contributed by atoms with van der Waals surface area (Å²) in [6, 6.07) is 2.46. The molecule has 0 saturated carbocycles. The summed E-state index contributed by atoms with van der Waals surface area (Å²) >= 11 is 0.734. The molecule has 0 saturated heterocycles. The number of hydrogen-bond acceptors (Lipinski definition) is 6. The fourth-order valence-corrected chi connectivity index (χ4v) is 2.20. The number of carboxylic acids is 1. The number of H-pyrrole nitrogens is 1. The van der Waals surface area contributed by atoms with E-state index in [1.807, 2.05) is 0 Å². The second-order valence-corrected chi connectivity index (χ2v) is 5.36. The van der Waals surface area contributed by atoms with Gasteiger partial charge in [-0.15, -0.1) is 0 Å². The lowest BCUT2D eigenvalue weighted by atomic mass is 10.2. The van der Waals surface area contributed by atoms with E-state index in [-0.39, 0.29) is 28.0 Å². The van der Waals surface area contributed by atoms with Crippen molar-refractivity contribution in [1.82, 2.24) is 9.97 Å². The largest absolute Gasteiger partial charge is 0.481 e. The molecular formula is C13H10F2N4O4S. The quantitative estimate of drug-likeness (QED) is 0.464. The summed E-state index contributed by atoms with van der Waals surface area (Å²) in [7, 11) is 0. The Balaban J connectivity index is 2.23. The number of hydrogen-bond donors (Lipinski definition) is 4. The number of nitrogens with two attached hydrogens (primary N) is 1. The van der Waals surface area contributed by atoms with Crippen LogP contribution in [0.1, 0.15) is 10.4 Å². The smallest absolute Gasteiger partial charge is 0.313 e. The molecule has 24 heavy (non-hydrogen) atoms. The third-order valence-electron chi connectivity index (χ3n) is 2.68. The molecule has 8 nitrogen and oxygen atoms in total. The predicted molar refractivity (Wildman–Crippen MR) is 81.9 cm³/mol. The van der Waals surface area contributed by atoms with Crippen LogP contribution in [-0.4, -0.2) is 32.7 Å². The van der Waals surface area contributed by atoms with Gasteiger partial charge in [0, 0.05) is 5.56 Å². The number of carboxylic acid groups (broad SMARTS) is 1. The highest BCUT2D eigenvalue weighted by molar-refractivity contribution is 7.99. The zero-order valence-electron chi connectivity index (χ0n) is 11.8. The second-order valence-electron chi connectivity index (χ2n) is 4.40. The van der Waals surface area contributed by atoms with Crippen LogP contribution in [-0.2, 0) is 4.79 Å². The first kappa shape index (κ1) is 17.4. The van der Waals surface area contributed by atoms with Crippen LogP contribution >= 0.6 is 11.8 Å². The monoisotopic (exact) mass is 356 g/mol. The Kier molecular flexibility index (Phi) is 5.14. The number of carbonyl (C=O) groups excluding carboxylic acids is 1. The van der Waals surface area contributed by atoms with Crippen molar-refractivity contribution in [2.24, 2.45) is 0 Å². The van der Waals surface area contributed by atoms with Crippen molar-refractivity contribution in [3.8, 4) is 0 Å². The zero-order valence-corrected chi connectivity index (χ0v) is 12.6. The number of anilines is 2. The van der Waals surface area contributed by atoms with E-state index in [1.165, 1.54) is 0 Å². The van der Waals surface area contributed by atoms with Gasteiger partial charge >= 0.3 is 5.97 Å². The molecule has 0 aliphatic carbocycles. The number of aromatic nitrogens is 2. The maximum Gasteiger partial charge on any atom is 0.313 e. The molecule has 0 atom stereocenters. The highest BCUT2D eigenvalue weighted by atomic mass is 32.2. The van der Waals surface area contributed by atoms with Crippen LogP contribution in [0.5, 0.6) is 0 Å². The van der Waals surface area contributed by atoms with Crippen LogP contribution < -0.4 is 16.6 Å². The lowest BCUT2D eigenvalue weighted by Gasteiger charge is -2.08. The molecule has 2 aromatic rings. The molecule has 0 radical (unpaired) electrons. The van der Waals surface area contributed by atoms with Crippen LogP contribution in [0.15, 0.2) is 28.2 Å². The Labute approximate surface area is 137 Å². The summed E-state index contributed by atoms with van der Waals surface area (Å²) < 4.78 is 26.0. The van der Waals surface area contributed by atoms with Crippen LogP contribution in [0.4, 0.5) is 20.3 Å². The van der Waals surface area contributed by atoms with Gasteiger partial charge in [-0.1, -0.05) is 11.8 Å². The van der Waals surface area contributed by atoms with Crippen molar-refractivity contribution in [3.63, 3.8) is 0 Å². The van der Waals surface area contributed by atoms with E-state index in [4.69, 9.17) is 10.8 Å². The number of nitrogens with one attached hydrogen (secondary N) is 2. The number of nitrogen functional groups attached to an aromatic ring is 1. The van der Waals surface area contributed by atoms with Crippen LogP contribution in [0, 0.1) is 11.6 Å². The van der Waals surface area contributed by atoms with Gasteiger partial charge in [-0.25, -0.2) is 13.8 Å². The standard InChI is InChI=1S/C13H10F2N4O4S/c14-6-2-1-5(3-7(6)15)11(22)17-9-10(16)18-13(19-12(9)23)24-4-8(20)21/h1-3H,4H2,(H,17,22)(H,20,21)(H3,16,18,19,23). The van der Waals surface area contributed by atoms with E-state index < -0.39 is 29.1 Å². The fraction of sp³-hybridized carbons (Fsp3) is 0.0769. The summed E-state index contributed by atoms with van der Waals surface area (Å²) in [4.78, 5) is 40.4. The molecule has 1 heterocycles. The summed E-state index contributed by atoms with van der Waals surface area (Å²) in [5.74, 6) is -5.03. The summed E-state index contributed by atoms with van der Waals surface area (Å²) in [6.07, 6.45) is 0. The van der Waals surface area contributed by atoms with Gasteiger partial charge in [-0.05, 0) is 18.2 Å². The Hall–Kier alpha value is -2.95. The molecule has 0 unspecified atom stereocenters. The first-order valence-electron chi connectivity index (χ1n) is 6.28. The van der Waals surface area contributed by atoms with E-state index in [9.17, 15) is 23.2 Å². The Morgan fingerprint density at radius 3 is 2.62 bits per heavy atom. The van der Waals surface area contributed by atoms with E-state index >= 15 is 0 Å². The third-order valence-corrected chi connectivity index (χ3v) is 3.54. The van der Waals surface area contributed by atoms with Crippen molar-refractivity contribution >= 4 is 35.1 Å². The van der Waals surface area contributed by atoms with E-state index in [1.54, 1.807) is 0 Å². The zero-order chi connectivity index (χ0) is 17.9. The lowest BCUT2D eigenvalue weighted by molar-refractivity contribution is -0.133. The molecule has 0 aliphatic heterocycles. The maximum atomic E-state index is 13.1. The molecule has 1 aromatic heterocycles. The molecule has 5 N–H and O–H groups in total. The summed E-state index contributed by atoms with van der Waals surface area (Å²) in [5.41, 5.74) is 4.14. The Morgan fingerprint density at radius 1 is 1.33 bits per heavy atom. The van der Waals surface area contributed by atoms with Crippen molar-refractivity contribution in [3.05, 3.63) is 45.8 Å². The van der Waals surface area contributed by atoms with E-state index in [0.29, 0.717) is 6.07 Å². The van der Waals surface area contributed by atoms with Crippen LogP contribution in [0.3, 0.4) is 0 Å². The molecule has 0 aliphatic rings. The SMILES string of the molecule is Nc1nc(SCC(=O)O)[nH]c(=O)c1NC(=O)c1ccc(F)c(F)c1. The minimum absolute atomic E-state index is 0.0364. The maximum absolute atomic E-state index is 13.1. The van der Waals surface area contributed by atoms with Gasteiger partial charge < -0.3 is 16.2 Å². The number of nitrogens with zero attached hydrogens (tertiary/aromatic N) is 1. The number of amides is 1. The average molecular weight is 356 g/mol. The van der Waals surface area contributed by atoms with Crippen molar-refractivity contribution in [2.75, 3.05) is 16.8 Å². The number of carbonyl (C=O) groups is 2. The molecule has 11 heteroatoms. The Morgan fingerprint density at radius 2 is 2.04 bits per heavy atom. The third kappa shape index (κ3) is 4.07. The van der Waals surface area contributed by atoms with Crippen molar-refractivity contribution in [1.29, 1.82) is 0 Å². The number of benzene rings is 1. The normalized spacial score (nSPS) is 10.4. The minimum atomic E-state index is -1.22. The lowest BCUT2D eigenvalue weighted by Crippen LogP contribution is -2.23. The fourth-order valence-electron chi connectivity index (χ4n) is 1.61. The van der Waals surface area contributed by atoms with Crippen LogP contribution in [0.2, 0.25) is 0 Å². The van der Waals surface area contributed by atoms with Crippen LogP contribution in [0.25, 0.3) is 0 Å². The van der Waals surface area contributed by atoms with E-state index in [0.717, 1.165) is 23.9 Å². The highest BCUT2D eigenvalue weighted by Gasteiger charge is 2.16. The van der Waals surface area contributed by atoms with Gasteiger partial charge in [0.25, 0.3) is 11.5 Å². The van der Waals surface area contributed by atoms with Gasteiger partial charge in [-0.3, -0.25) is 19.4 Å². The second kappa shape index (κ2) is 7.08. The van der Waals surface area contributed by atoms with Crippen molar-refractivity contribution in [2.45, 2.75) is 5.16 Å². The molecular weight excluding hydrogens is 346 g/mol. The average Bonchev–Trinajstić information content (AvgIpc) is 2.51. The molecule has 0 spiro atoms. The predicted octanol–water partition coefficient (Wildman–Crippen LogP) is 1.06. The number of rotatable bonds is 5. The number of thioether (sulfide) groups is 1. The highest BCUT2D eigenvalue weighted by Crippen LogP contribution is 2.17. The number of aromatic amines is 1. The van der Waals surface area contributed by atoms with Gasteiger partial charge in [0.1, 0.15) is 5.69 Å².